The van der Waals surface area contributed by atoms with Crippen LogP contribution in [0, 0.1) is 41.5 Å². The normalized spacial score (nSPS) is 11.8. The minimum atomic E-state index is 0.283. The van der Waals surface area contributed by atoms with Gasteiger partial charge in [0.2, 0.25) is 0 Å². The molecule has 0 bridgehead atoms. The lowest BCUT2D eigenvalue weighted by Crippen LogP contribution is -2.15. The maximum absolute atomic E-state index is 2.56. The summed E-state index contributed by atoms with van der Waals surface area (Å²) in [6.07, 6.45) is 0. The van der Waals surface area contributed by atoms with Crippen LogP contribution in [0.25, 0.3) is 54.6 Å². The Labute approximate surface area is 392 Å². The van der Waals surface area contributed by atoms with Crippen LogP contribution in [0.1, 0.15) is 84.0 Å². The first-order valence-electron chi connectivity index (χ1n) is 23.7. The van der Waals surface area contributed by atoms with E-state index in [2.05, 4.69) is 249 Å². The summed E-state index contributed by atoms with van der Waals surface area (Å²) in [6, 6.07) is 64.2. The average molecular weight is 857 g/mol. The summed E-state index contributed by atoms with van der Waals surface area (Å²) >= 11 is 0. The minimum Gasteiger partial charge on any atom is -0.310 e. The maximum atomic E-state index is 2.56. The summed E-state index contributed by atoms with van der Waals surface area (Å²) in [4.78, 5) is 5.12. The molecule has 326 valence electrons. The Morgan fingerprint density at radius 2 is 0.652 bits per heavy atom. The van der Waals surface area contributed by atoms with Crippen LogP contribution < -0.4 is 9.80 Å². The van der Waals surface area contributed by atoms with Gasteiger partial charge in [0, 0.05) is 33.5 Å². The molecule has 0 atom stereocenters. The summed E-state index contributed by atoms with van der Waals surface area (Å²) in [5.74, 6) is 0.565. The van der Waals surface area contributed by atoms with Gasteiger partial charge < -0.3 is 9.80 Å². The van der Waals surface area contributed by atoms with Crippen LogP contribution >= 0.6 is 0 Å². The molecule has 0 unspecified atom stereocenters. The van der Waals surface area contributed by atoms with Crippen molar-refractivity contribution in [3.05, 3.63) is 214 Å². The van der Waals surface area contributed by atoms with E-state index in [9.17, 15) is 0 Å². The van der Waals surface area contributed by atoms with E-state index < -0.39 is 0 Å². The zero-order valence-electron chi connectivity index (χ0n) is 40.2. The Bertz CT molecular complexity index is 3160. The largest absolute Gasteiger partial charge is 0.310 e. The first-order chi connectivity index (χ1) is 31.8. The SMILES string of the molecule is Cc1cc(C)cc(N(c2cc(-c3ccccc3)ccc2C)c2cc(C(C)C)c3ccc4c(N(c5cc(C)cc(C)c5)c5cc(-c6ccccc6)ccc5C)cc(C(C)C)c5ccc2c3c54)c1. The molecule has 0 N–H and O–H groups in total. The standard InChI is InChI=1S/C64H60N2/c1-39(2)57-37-61(65(51-31-41(5)29-42(6)32-51)59-35-49(23-21-45(59)9)47-17-13-11-14-18-47)55-28-26-54-58(40(3)4)38-62(56-27-25-53(57)63(55)64(54)56)66(52-33-43(7)30-44(8)34-52)60-36-50(24-22-46(60)10)48-19-15-12-16-20-48/h11-40H,1-10H3. The predicted molar refractivity (Wildman–Crippen MR) is 287 cm³/mol. The molecule has 10 rings (SSSR count). The molecule has 0 saturated carbocycles. The first-order valence-corrected chi connectivity index (χ1v) is 23.7. The van der Waals surface area contributed by atoms with Gasteiger partial charge in [-0.3, -0.25) is 0 Å². The quantitative estimate of drug-likeness (QED) is 0.126. The van der Waals surface area contributed by atoms with Crippen molar-refractivity contribution in [2.24, 2.45) is 0 Å². The van der Waals surface area contributed by atoms with E-state index in [4.69, 9.17) is 0 Å². The van der Waals surface area contributed by atoms with Gasteiger partial charge in [0.05, 0.1) is 11.4 Å². The van der Waals surface area contributed by atoms with Crippen molar-refractivity contribution in [2.45, 2.75) is 81.1 Å². The lowest BCUT2D eigenvalue weighted by Gasteiger charge is -2.33. The van der Waals surface area contributed by atoms with Crippen LogP contribution in [-0.2, 0) is 0 Å². The summed E-state index contributed by atoms with van der Waals surface area (Å²) in [7, 11) is 0. The fourth-order valence-electron chi connectivity index (χ4n) is 10.6. The van der Waals surface area contributed by atoms with Crippen molar-refractivity contribution in [1.29, 1.82) is 0 Å². The second-order valence-electron chi connectivity index (χ2n) is 19.4. The number of aryl methyl sites for hydroxylation is 6. The zero-order valence-corrected chi connectivity index (χ0v) is 40.2. The maximum Gasteiger partial charge on any atom is 0.0543 e. The monoisotopic (exact) mass is 856 g/mol. The predicted octanol–water partition coefficient (Wildman–Crippen LogP) is 19.0. The van der Waals surface area contributed by atoms with Crippen molar-refractivity contribution in [1.82, 2.24) is 0 Å². The van der Waals surface area contributed by atoms with E-state index in [0.717, 1.165) is 0 Å². The van der Waals surface area contributed by atoms with E-state index >= 15 is 0 Å². The molecule has 0 amide bonds. The van der Waals surface area contributed by atoms with Gasteiger partial charge in [-0.25, -0.2) is 0 Å². The second-order valence-corrected chi connectivity index (χ2v) is 19.4. The second kappa shape index (κ2) is 17.0. The Morgan fingerprint density at radius 3 is 1.00 bits per heavy atom. The van der Waals surface area contributed by atoms with Crippen LogP contribution in [0.15, 0.2) is 170 Å². The molecule has 2 heteroatoms. The Hall–Kier alpha value is -7.16. The zero-order chi connectivity index (χ0) is 46.0. The summed E-state index contributed by atoms with van der Waals surface area (Å²) in [5.41, 5.74) is 22.1. The van der Waals surface area contributed by atoms with Crippen LogP contribution in [0.3, 0.4) is 0 Å². The van der Waals surface area contributed by atoms with Gasteiger partial charge in [0.25, 0.3) is 0 Å². The number of benzene rings is 10. The fraction of sp³-hybridized carbons (Fsp3) is 0.188. The third-order valence-electron chi connectivity index (χ3n) is 13.7. The minimum absolute atomic E-state index is 0.283. The van der Waals surface area contributed by atoms with Gasteiger partial charge in [0.15, 0.2) is 0 Å². The van der Waals surface area contributed by atoms with Crippen molar-refractivity contribution >= 4 is 66.4 Å². The van der Waals surface area contributed by atoms with Crippen molar-refractivity contribution in [3.63, 3.8) is 0 Å². The van der Waals surface area contributed by atoms with Gasteiger partial charge in [-0.2, -0.15) is 0 Å². The van der Waals surface area contributed by atoms with Crippen molar-refractivity contribution in [2.75, 3.05) is 9.80 Å². The van der Waals surface area contributed by atoms with E-state index in [0.29, 0.717) is 0 Å². The average Bonchev–Trinajstić information content (AvgIpc) is 3.29. The topological polar surface area (TPSA) is 6.48 Å². The third kappa shape index (κ3) is 7.59. The first kappa shape index (κ1) is 42.8. The van der Waals surface area contributed by atoms with Gasteiger partial charge >= 0.3 is 0 Å². The van der Waals surface area contributed by atoms with E-state index in [1.807, 2.05) is 0 Å². The highest BCUT2D eigenvalue weighted by Crippen LogP contribution is 2.52. The molecular formula is C64H60N2. The van der Waals surface area contributed by atoms with Gasteiger partial charge in [-0.05, 0) is 190 Å². The van der Waals surface area contributed by atoms with Crippen molar-refractivity contribution in [3.8, 4) is 22.3 Å². The Morgan fingerprint density at radius 1 is 0.303 bits per heavy atom. The van der Waals surface area contributed by atoms with Crippen LogP contribution in [0.5, 0.6) is 0 Å². The molecule has 2 nitrogen and oxygen atoms in total. The van der Waals surface area contributed by atoms with Crippen molar-refractivity contribution < 1.29 is 0 Å². The Kier molecular flexibility index (Phi) is 11.0. The fourth-order valence-corrected chi connectivity index (χ4v) is 10.6. The lowest BCUT2D eigenvalue weighted by molar-refractivity contribution is 0.875. The molecule has 0 aliphatic heterocycles. The van der Waals surface area contributed by atoms with Gasteiger partial charge in [0.1, 0.15) is 0 Å². The molecule has 0 radical (unpaired) electrons. The number of anilines is 6. The highest BCUT2D eigenvalue weighted by Gasteiger charge is 2.27. The smallest absolute Gasteiger partial charge is 0.0543 e. The van der Waals surface area contributed by atoms with Crippen LogP contribution in [0.2, 0.25) is 0 Å². The molecule has 0 aliphatic carbocycles. The van der Waals surface area contributed by atoms with Crippen LogP contribution in [0.4, 0.5) is 34.1 Å². The molecule has 0 saturated heterocycles. The highest BCUT2D eigenvalue weighted by molar-refractivity contribution is 6.29. The van der Waals surface area contributed by atoms with Gasteiger partial charge in [-0.15, -0.1) is 0 Å². The third-order valence-corrected chi connectivity index (χ3v) is 13.7. The molecule has 10 aromatic carbocycles. The summed E-state index contributed by atoms with van der Waals surface area (Å²) in [5, 5.41) is 7.81. The van der Waals surface area contributed by atoms with E-state index in [1.54, 1.807) is 0 Å². The Balaban J connectivity index is 1.33. The lowest BCUT2D eigenvalue weighted by atomic mass is 9.84. The number of hydrogen-bond donors (Lipinski definition) is 0. The molecule has 0 spiro atoms. The van der Waals surface area contributed by atoms with Crippen LogP contribution in [-0.4, -0.2) is 0 Å². The highest BCUT2D eigenvalue weighted by atomic mass is 15.2. The number of rotatable bonds is 10. The number of hydrogen-bond acceptors (Lipinski definition) is 2. The summed E-state index contributed by atoms with van der Waals surface area (Å²) in [6.45, 7) is 22.8. The molecule has 66 heavy (non-hydrogen) atoms. The van der Waals surface area contributed by atoms with E-state index in [1.165, 1.54) is 133 Å². The molecule has 0 aromatic heterocycles. The molecular weight excluding hydrogens is 797 g/mol. The number of nitrogens with zero attached hydrogens (tertiary/aromatic N) is 2. The molecule has 0 fully saturated rings. The summed E-state index contributed by atoms with van der Waals surface area (Å²) < 4.78 is 0. The molecule has 10 aromatic rings. The van der Waals surface area contributed by atoms with E-state index in [-0.39, 0.29) is 11.8 Å². The molecule has 0 aliphatic rings. The molecule has 0 heterocycles. The van der Waals surface area contributed by atoms with Gasteiger partial charge in [-0.1, -0.05) is 149 Å².